The summed E-state index contributed by atoms with van der Waals surface area (Å²) in [5.41, 5.74) is 1.27. The minimum absolute atomic E-state index is 0.0119. The molecule has 0 aromatic heterocycles. The van der Waals surface area contributed by atoms with E-state index in [0.29, 0.717) is 19.5 Å². The van der Waals surface area contributed by atoms with Gasteiger partial charge in [-0.3, -0.25) is 4.79 Å². The molecule has 1 saturated heterocycles. The Balaban J connectivity index is 1.87. The molecular weight excluding hydrogens is 373 g/mol. The summed E-state index contributed by atoms with van der Waals surface area (Å²) in [6.45, 7) is 3.34. The number of alkyl carbamates (subject to hydrolysis) is 1. The van der Waals surface area contributed by atoms with Crippen LogP contribution in [0.1, 0.15) is 43.2 Å². The van der Waals surface area contributed by atoms with Gasteiger partial charge in [0.2, 0.25) is 5.91 Å². The Labute approximate surface area is 163 Å². The van der Waals surface area contributed by atoms with Crippen LogP contribution >= 0.6 is 0 Å². The number of hydrogen-bond acceptors (Lipinski definition) is 3. The van der Waals surface area contributed by atoms with Crippen LogP contribution in [0.2, 0.25) is 0 Å². The lowest BCUT2D eigenvalue weighted by molar-refractivity contribution is -0.136. The minimum Gasteiger partial charge on any atom is -0.453 e. The predicted molar refractivity (Wildman–Crippen MR) is 98.9 cm³/mol. The van der Waals surface area contributed by atoms with Crippen molar-refractivity contribution < 1.29 is 27.5 Å². The maximum absolute atomic E-state index is 12.7. The fraction of sp³-hybridized carbons (Fsp3) is 0.600. The predicted octanol–water partition coefficient (Wildman–Crippen LogP) is 3.88. The Morgan fingerprint density at radius 2 is 1.82 bits per heavy atom. The van der Waals surface area contributed by atoms with Crippen molar-refractivity contribution in [1.29, 1.82) is 0 Å². The number of benzene rings is 1. The van der Waals surface area contributed by atoms with E-state index >= 15 is 0 Å². The Hall–Kier alpha value is -2.25. The molecule has 28 heavy (non-hydrogen) atoms. The summed E-state index contributed by atoms with van der Waals surface area (Å²) >= 11 is 0. The number of hydrogen-bond donors (Lipinski definition) is 1. The van der Waals surface area contributed by atoms with E-state index in [1.54, 1.807) is 12.1 Å². The number of piperidine rings is 1. The van der Waals surface area contributed by atoms with Gasteiger partial charge in [-0.25, -0.2) is 4.79 Å². The molecule has 0 spiro atoms. The summed E-state index contributed by atoms with van der Waals surface area (Å²) in [4.78, 5) is 25.7. The largest absolute Gasteiger partial charge is 0.453 e. The summed E-state index contributed by atoms with van der Waals surface area (Å²) in [6, 6.07) is 6.59. The van der Waals surface area contributed by atoms with Crippen LogP contribution in [0.4, 0.5) is 18.0 Å². The van der Waals surface area contributed by atoms with Crippen LogP contribution < -0.4 is 5.32 Å². The van der Waals surface area contributed by atoms with Gasteiger partial charge in [0.1, 0.15) is 0 Å². The SMILES string of the molecule is CCC(CNC(=O)OC)C(=O)N1CCC(c2ccc(CC(F)(F)F)cc2)CC1. The van der Waals surface area contributed by atoms with Gasteiger partial charge in [-0.2, -0.15) is 13.2 Å². The molecule has 1 unspecified atom stereocenters. The lowest BCUT2D eigenvalue weighted by atomic mass is 9.88. The summed E-state index contributed by atoms with van der Waals surface area (Å²) in [5, 5.41) is 2.57. The average molecular weight is 400 g/mol. The number of alkyl halides is 3. The van der Waals surface area contributed by atoms with Crippen molar-refractivity contribution in [1.82, 2.24) is 10.2 Å². The van der Waals surface area contributed by atoms with Crippen LogP contribution in [-0.2, 0) is 16.0 Å². The molecule has 0 saturated carbocycles. The smallest absolute Gasteiger partial charge is 0.406 e. The molecule has 5 nitrogen and oxygen atoms in total. The molecule has 8 heteroatoms. The second-order valence-electron chi connectivity index (χ2n) is 7.11. The Morgan fingerprint density at radius 3 is 2.32 bits per heavy atom. The first-order valence-corrected chi connectivity index (χ1v) is 9.49. The summed E-state index contributed by atoms with van der Waals surface area (Å²) < 4.78 is 41.9. The standard InChI is InChI=1S/C20H27F3N2O3/c1-3-15(13-24-19(27)28-2)18(26)25-10-8-17(9-11-25)16-6-4-14(5-7-16)12-20(21,22)23/h4-7,15,17H,3,8-13H2,1-2H3,(H,24,27). The highest BCUT2D eigenvalue weighted by molar-refractivity contribution is 5.80. The third kappa shape index (κ3) is 6.42. The van der Waals surface area contributed by atoms with Gasteiger partial charge in [-0.1, -0.05) is 31.2 Å². The van der Waals surface area contributed by atoms with Crippen molar-refractivity contribution in [3.8, 4) is 0 Å². The fourth-order valence-corrected chi connectivity index (χ4v) is 3.52. The number of likely N-dealkylation sites (tertiary alicyclic amines) is 1. The van der Waals surface area contributed by atoms with E-state index in [1.165, 1.54) is 19.2 Å². The fourth-order valence-electron chi connectivity index (χ4n) is 3.52. The Kier molecular flexibility index (Phi) is 7.71. The molecule has 1 aromatic rings. The van der Waals surface area contributed by atoms with Gasteiger partial charge in [-0.15, -0.1) is 0 Å². The quantitative estimate of drug-likeness (QED) is 0.788. The van der Waals surface area contributed by atoms with E-state index < -0.39 is 18.7 Å². The first kappa shape index (κ1) is 22.0. The average Bonchev–Trinajstić information content (AvgIpc) is 2.67. The van der Waals surface area contributed by atoms with Crippen molar-refractivity contribution in [3.05, 3.63) is 35.4 Å². The highest BCUT2D eigenvalue weighted by Gasteiger charge is 2.29. The number of nitrogens with one attached hydrogen (secondary N) is 1. The number of nitrogens with zero attached hydrogens (tertiary/aromatic N) is 1. The first-order valence-electron chi connectivity index (χ1n) is 9.49. The first-order chi connectivity index (χ1) is 13.2. The van der Waals surface area contributed by atoms with Gasteiger partial charge < -0.3 is 15.0 Å². The minimum atomic E-state index is -4.20. The zero-order chi connectivity index (χ0) is 20.7. The molecule has 1 fully saturated rings. The van der Waals surface area contributed by atoms with Crippen LogP contribution in [0.25, 0.3) is 0 Å². The van der Waals surface area contributed by atoms with E-state index in [1.807, 2.05) is 11.8 Å². The monoisotopic (exact) mass is 400 g/mol. The van der Waals surface area contributed by atoms with E-state index in [-0.39, 0.29) is 29.9 Å². The number of amides is 2. The number of carbonyl (C=O) groups is 2. The molecular formula is C20H27F3N2O3. The molecule has 0 aliphatic carbocycles. The molecule has 1 atom stereocenters. The van der Waals surface area contributed by atoms with Gasteiger partial charge in [-0.05, 0) is 36.3 Å². The maximum atomic E-state index is 12.7. The molecule has 0 bridgehead atoms. The van der Waals surface area contributed by atoms with Crippen molar-refractivity contribution in [2.24, 2.45) is 5.92 Å². The van der Waals surface area contributed by atoms with Crippen LogP contribution in [0, 0.1) is 5.92 Å². The van der Waals surface area contributed by atoms with Crippen molar-refractivity contribution in [3.63, 3.8) is 0 Å². The van der Waals surface area contributed by atoms with Gasteiger partial charge in [0, 0.05) is 19.6 Å². The van der Waals surface area contributed by atoms with Gasteiger partial charge >= 0.3 is 12.3 Å². The summed E-state index contributed by atoms with van der Waals surface area (Å²) in [7, 11) is 1.28. The number of halogens is 3. The molecule has 1 N–H and O–H groups in total. The molecule has 2 amide bonds. The molecule has 156 valence electrons. The van der Waals surface area contributed by atoms with Gasteiger partial charge in [0.05, 0.1) is 19.4 Å². The second-order valence-corrected chi connectivity index (χ2v) is 7.11. The highest BCUT2D eigenvalue weighted by Crippen LogP contribution is 2.30. The van der Waals surface area contributed by atoms with Crippen LogP contribution in [0.5, 0.6) is 0 Å². The molecule has 1 aromatic carbocycles. The molecule has 1 aliphatic rings. The lowest BCUT2D eigenvalue weighted by Gasteiger charge is -2.34. The van der Waals surface area contributed by atoms with Gasteiger partial charge in [0.25, 0.3) is 0 Å². The normalized spacial score (nSPS) is 16.5. The number of rotatable bonds is 6. The molecule has 2 rings (SSSR count). The molecule has 1 heterocycles. The highest BCUT2D eigenvalue weighted by atomic mass is 19.4. The van der Waals surface area contributed by atoms with E-state index in [4.69, 9.17) is 0 Å². The van der Waals surface area contributed by atoms with E-state index in [0.717, 1.165) is 18.4 Å². The Morgan fingerprint density at radius 1 is 1.21 bits per heavy atom. The third-order valence-corrected chi connectivity index (χ3v) is 5.18. The second kappa shape index (κ2) is 9.80. The molecule has 1 aliphatic heterocycles. The van der Waals surface area contributed by atoms with Crippen molar-refractivity contribution in [2.75, 3.05) is 26.7 Å². The number of methoxy groups -OCH3 is 1. The van der Waals surface area contributed by atoms with Crippen LogP contribution in [0.15, 0.2) is 24.3 Å². The number of carbonyl (C=O) groups excluding carboxylic acids is 2. The number of ether oxygens (including phenoxy) is 1. The van der Waals surface area contributed by atoms with Crippen LogP contribution in [0.3, 0.4) is 0 Å². The van der Waals surface area contributed by atoms with Crippen LogP contribution in [-0.4, -0.2) is 49.8 Å². The molecule has 0 radical (unpaired) electrons. The summed E-state index contributed by atoms with van der Waals surface area (Å²) in [6.07, 6.45) is -3.52. The van der Waals surface area contributed by atoms with Gasteiger partial charge in [0.15, 0.2) is 0 Å². The summed E-state index contributed by atoms with van der Waals surface area (Å²) in [5.74, 6) is -0.0487. The van der Waals surface area contributed by atoms with Crippen molar-refractivity contribution in [2.45, 2.75) is 44.7 Å². The zero-order valence-corrected chi connectivity index (χ0v) is 16.2. The zero-order valence-electron chi connectivity index (χ0n) is 16.2. The lowest BCUT2D eigenvalue weighted by Crippen LogP contribution is -2.44. The topological polar surface area (TPSA) is 58.6 Å². The van der Waals surface area contributed by atoms with E-state index in [2.05, 4.69) is 10.1 Å². The third-order valence-electron chi connectivity index (χ3n) is 5.18. The Bertz CT molecular complexity index is 654. The van der Waals surface area contributed by atoms with Crippen molar-refractivity contribution >= 4 is 12.0 Å². The van der Waals surface area contributed by atoms with E-state index in [9.17, 15) is 22.8 Å². The maximum Gasteiger partial charge on any atom is 0.406 e.